The van der Waals surface area contributed by atoms with Crippen LogP contribution in [0.3, 0.4) is 0 Å². The first-order chi connectivity index (χ1) is 12.8. The van der Waals surface area contributed by atoms with Crippen molar-refractivity contribution in [3.63, 3.8) is 0 Å². The summed E-state index contributed by atoms with van der Waals surface area (Å²) in [6.45, 7) is 1.70. The topological polar surface area (TPSA) is 125 Å². The van der Waals surface area contributed by atoms with Crippen molar-refractivity contribution in [3.8, 4) is 5.69 Å². The molecular formula is C16H13ClN6O4. The van der Waals surface area contributed by atoms with Crippen LogP contribution in [0.5, 0.6) is 0 Å². The summed E-state index contributed by atoms with van der Waals surface area (Å²) >= 11 is 5.72. The lowest BCUT2D eigenvalue weighted by Gasteiger charge is -2.08. The van der Waals surface area contributed by atoms with Gasteiger partial charge < -0.3 is 5.32 Å². The van der Waals surface area contributed by atoms with Crippen molar-refractivity contribution in [1.29, 1.82) is 0 Å². The number of aryl methyl sites for hydroxylation is 2. The van der Waals surface area contributed by atoms with E-state index in [1.165, 1.54) is 21.5 Å². The maximum absolute atomic E-state index is 12.4. The van der Waals surface area contributed by atoms with Gasteiger partial charge in [-0.1, -0.05) is 11.6 Å². The SMILES string of the molecule is Cc1nn(C)c(=O)n1-c1ccc(NC(=O)c2ccnc(Cl)c2[N+](=O)[O-])cc1. The van der Waals surface area contributed by atoms with Crippen LogP contribution in [0.2, 0.25) is 5.15 Å². The third kappa shape index (κ3) is 3.42. The molecule has 0 saturated heterocycles. The molecule has 0 spiro atoms. The molecule has 0 aliphatic heterocycles. The number of anilines is 1. The molecule has 0 saturated carbocycles. The van der Waals surface area contributed by atoms with Crippen LogP contribution in [0, 0.1) is 17.0 Å². The number of hydrogen-bond donors (Lipinski definition) is 1. The van der Waals surface area contributed by atoms with E-state index in [0.717, 1.165) is 0 Å². The number of hydrogen-bond acceptors (Lipinski definition) is 6. The lowest BCUT2D eigenvalue weighted by molar-refractivity contribution is -0.385. The van der Waals surface area contributed by atoms with Gasteiger partial charge in [0, 0.05) is 18.9 Å². The molecule has 2 aromatic heterocycles. The van der Waals surface area contributed by atoms with Gasteiger partial charge in [0.15, 0.2) is 0 Å². The summed E-state index contributed by atoms with van der Waals surface area (Å²) in [6, 6.07) is 7.60. The monoisotopic (exact) mass is 388 g/mol. The first-order valence-corrected chi connectivity index (χ1v) is 8.00. The van der Waals surface area contributed by atoms with Crippen molar-refractivity contribution in [2.45, 2.75) is 6.92 Å². The number of rotatable bonds is 4. The number of aromatic nitrogens is 4. The zero-order chi connectivity index (χ0) is 19.7. The van der Waals surface area contributed by atoms with Crippen LogP contribution in [0.15, 0.2) is 41.3 Å². The van der Waals surface area contributed by atoms with Crippen molar-refractivity contribution in [2.75, 3.05) is 5.32 Å². The molecule has 10 nitrogen and oxygen atoms in total. The van der Waals surface area contributed by atoms with E-state index >= 15 is 0 Å². The summed E-state index contributed by atoms with van der Waals surface area (Å²) in [5.74, 6) is -0.185. The Kier molecular flexibility index (Phi) is 4.74. The molecule has 1 aromatic carbocycles. The summed E-state index contributed by atoms with van der Waals surface area (Å²) in [4.78, 5) is 38.5. The van der Waals surface area contributed by atoms with E-state index in [1.54, 1.807) is 38.2 Å². The summed E-state index contributed by atoms with van der Waals surface area (Å²) in [7, 11) is 1.55. The van der Waals surface area contributed by atoms with Gasteiger partial charge in [0.25, 0.3) is 5.91 Å². The Morgan fingerprint density at radius 1 is 1.26 bits per heavy atom. The minimum atomic E-state index is -0.759. The molecule has 0 radical (unpaired) electrons. The van der Waals surface area contributed by atoms with Crippen LogP contribution in [0.25, 0.3) is 5.69 Å². The number of carbonyl (C=O) groups is 1. The molecule has 3 aromatic rings. The number of pyridine rings is 1. The fourth-order valence-electron chi connectivity index (χ4n) is 2.56. The van der Waals surface area contributed by atoms with Gasteiger partial charge in [0.1, 0.15) is 11.4 Å². The Morgan fingerprint density at radius 3 is 2.48 bits per heavy atom. The van der Waals surface area contributed by atoms with E-state index < -0.39 is 16.5 Å². The summed E-state index contributed by atoms with van der Waals surface area (Å²) in [5.41, 5.74) is -0.109. The van der Waals surface area contributed by atoms with Gasteiger partial charge in [0.2, 0.25) is 5.15 Å². The maximum Gasteiger partial charge on any atom is 0.350 e. The quantitative estimate of drug-likeness (QED) is 0.414. The van der Waals surface area contributed by atoms with E-state index in [-0.39, 0.29) is 16.4 Å². The van der Waals surface area contributed by atoms with Gasteiger partial charge in [-0.3, -0.25) is 14.9 Å². The number of nitro groups is 1. The molecule has 0 aliphatic rings. The minimum Gasteiger partial charge on any atom is -0.322 e. The molecule has 11 heteroatoms. The third-order valence-corrected chi connectivity index (χ3v) is 4.05. The standard InChI is InChI=1S/C16H13ClN6O4/c1-9-20-21(2)16(25)22(9)11-5-3-10(4-6-11)19-15(24)12-7-8-18-14(17)13(12)23(26)27/h3-8H,1-2H3,(H,19,24). The Balaban J connectivity index is 1.88. The van der Waals surface area contributed by atoms with Crippen molar-refractivity contribution in [2.24, 2.45) is 7.05 Å². The number of benzene rings is 1. The third-order valence-electron chi connectivity index (χ3n) is 3.78. The molecular weight excluding hydrogens is 376 g/mol. The predicted molar refractivity (Wildman–Crippen MR) is 97.4 cm³/mol. The van der Waals surface area contributed by atoms with Gasteiger partial charge in [-0.25, -0.2) is 19.0 Å². The second-order valence-corrected chi connectivity index (χ2v) is 5.90. The number of nitrogens with zero attached hydrogens (tertiary/aromatic N) is 5. The molecule has 0 atom stereocenters. The lowest BCUT2D eigenvalue weighted by atomic mass is 10.2. The Hall–Kier alpha value is -3.53. The first kappa shape index (κ1) is 18.3. The van der Waals surface area contributed by atoms with Crippen LogP contribution in [0.1, 0.15) is 16.2 Å². The molecule has 0 unspecified atom stereocenters. The minimum absolute atomic E-state index is 0.205. The van der Waals surface area contributed by atoms with Gasteiger partial charge in [0.05, 0.1) is 10.6 Å². The molecule has 0 fully saturated rings. The number of nitrogens with one attached hydrogen (secondary N) is 1. The second kappa shape index (κ2) is 7.00. The number of carbonyl (C=O) groups excluding carboxylic acids is 1. The summed E-state index contributed by atoms with van der Waals surface area (Å²) in [5, 5.41) is 17.4. The Bertz CT molecular complexity index is 1100. The molecule has 138 valence electrons. The van der Waals surface area contributed by atoms with Crippen LogP contribution in [0.4, 0.5) is 11.4 Å². The number of amides is 1. The van der Waals surface area contributed by atoms with Crippen LogP contribution >= 0.6 is 11.6 Å². The van der Waals surface area contributed by atoms with Crippen molar-refractivity contribution < 1.29 is 9.72 Å². The van der Waals surface area contributed by atoms with E-state index in [2.05, 4.69) is 15.4 Å². The second-order valence-electron chi connectivity index (χ2n) is 5.54. The largest absolute Gasteiger partial charge is 0.350 e. The fraction of sp³-hybridized carbons (Fsp3) is 0.125. The van der Waals surface area contributed by atoms with Gasteiger partial charge >= 0.3 is 11.4 Å². The van der Waals surface area contributed by atoms with Crippen molar-refractivity contribution in [1.82, 2.24) is 19.3 Å². The average Bonchev–Trinajstić information content (AvgIpc) is 2.87. The predicted octanol–water partition coefficient (Wildman–Crippen LogP) is 2.09. The normalized spacial score (nSPS) is 10.6. The van der Waals surface area contributed by atoms with E-state index in [1.807, 2.05) is 0 Å². The van der Waals surface area contributed by atoms with Gasteiger partial charge in [-0.05, 0) is 37.3 Å². The molecule has 27 heavy (non-hydrogen) atoms. The van der Waals surface area contributed by atoms with Crippen LogP contribution < -0.4 is 11.0 Å². The highest BCUT2D eigenvalue weighted by Gasteiger charge is 2.24. The van der Waals surface area contributed by atoms with E-state index in [0.29, 0.717) is 17.2 Å². The Morgan fingerprint density at radius 2 is 1.93 bits per heavy atom. The zero-order valence-electron chi connectivity index (χ0n) is 14.2. The van der Waals surface area contributed by atoms with E-state index in [4.69, 9.17) is 11.6 Å². The van der Waals surface area contributed by atoms with Gasteiger partial charge in [-0.2, -0.15) is 5.10 Å². The fourth-order valence-corrected chi connectivity index (χ4v) is 2.79. The van der Waals surface area contributed by atoms with Gasteiger partial charge in [-0.15, -0.1) is 0 Å². The highest BCUT2D eigenvalue weighted by Crippen LogP contribution is 2.26. The molecule has 1 amide bonds. The lowest BCUT2D eigenvalue weighted by Crippen LogP contribution is -2.21. The molecule has 0 aliphatic carbocycles. The summed E-state index contributed by atoms with van der Waals surface area (Å²) < 4.78 is 2.64. The van der Waals surface area contributed by atoms with Crippen molar-refractivity contribution in [3.05, 3.63) is 73.7 Å². The highest BCUT2D eigenvalue weighted by atomic mass is 35.5. The average molecular weight is 389 g/mol. The van der Waals surface area contributed by atoms with Crippen molar-refractivity contribution >= 4 is 28.9 Å². The molecule has 3 rings (SSSR count). The smallest absolute Gasteiger partial charge is 0.322 e. The highest BCUT2D eigenvalue weighted by molar-refractivity contribution is 6.32. The first-order valence-electron chi connectivity index (χ1n) is 7.63. The van der Waals surface area contributed by atoms with Crippen LogP contribution in [-0.4, -0.2) is 30.2 Å². The molecule has 0 bridgehead atoms. The molecule has 1 N–H and O–H groups in total. The summed E-state index contributed by atoms with van der Waals surface area (Å²) in [6.07, 6.45) is 1.21. The van der Waals surface area contributed by atoms with E-state index in [9.17, 15) is 19.7 Å². The maximum atomic E-state index is 12.4. The molecule has 2 heterocycles. The number of halogens is 1. The van der Waals surface area contributed by atoms with Crippen LogP contribution in [-0.2, 0) is 7.05 Å². The zero-order valence-corrected chi connectivity index (χ0v) is 15.0. The Labute approximate surface area is 157 Å².